The van der Waals surface area contributed by atoms with Crippen molar-refractivity contribution >= 4 is 34.4 Å². The molecule has 0 aliphatic carbocycles. The van der Waals surface area contributed by atoms with Gasteiger partial charge in [0.25, 0.3) is 0 Å². The van der Waals surface area contributed by atoms with Gasteiger partial charge in [0.2, 0.25) is 5.91 Å². The lowest BCUT2D eigenvalue weighted by Crippen LogP contribution is -2.07. The van der Waals surface area contributed by atoms with Crippen LogP contribution in [0.5, 0.6) is 5.75 Å². The minimum Gasteiger partial charge on any atom is -0.489 e. The van der Waals surface area contributed by atoms with Crippen LogP contribution >= 0.6 is 11.6 Å². The molecule has 152 valence electrons. The van der Waals surface area contributed by atoms with Crippen LogP contribution in [0.25, 0.3) is 33.5 Å². The number of halogens is 1. The predicted octanol–water partition coefficient (Wildman–Crippen LogP) is 5.09. The van der Waals surface area contributed by atoms with Gasteiger partial charge in [0.1, 0.15) is 11.6 Å². The fourth-order valence-corrected chi connectivity index (χ4v) is 3.38. The summed E-state index contributed by atoms with van der Waals surface area (Å²) in [6.45, 7) is 5.38. The molecule has 0 saturated heterocycles. The van der Waals surface area contributed by atoms with Gasteiger partial charge in [0.05, 0.1) is 45.3 Å². The maximum atomic E-state index is 11.4. The quantitative estimate of drug-likeness (QED) is 0.468. The second-order valence-electron chi connectivity index (χ2n) is 7.08. The lowest BCUT2D eigenvalue weighted by molar-refractivity contribution is -0.114. The molecule has 0 fully saturated rings. The Balaban J connectivity index is 1.87. The monoisotopic (exact) mass is 421 g/mol. The number of rotatable bonds is 5. The van der Waals surface area contributed by atoms with E-state index in [1.165, 1.54) is 6.92 Å². The molecular weight excluding hydrogens is 402 g/mol. The summed E-state index contributed by atoms with van der Waals surface area (Å²) < 4.78 is 5.71. The Labute approximate surface area is 178 Å². The van der Waals surface area contributed by atoms with Gasteiger partial charge in [0, 0.05) is 24.9 Å². The predicted molar refractivity (Wildman–Crippen MR) is 118 cm³/mol. The second kappa shape index (κ2) is 8.12. The van der Waals surface area contributed by atoms with E-state index in [-0.39, 0.29) is 12.0 Å². The van der Waals surface area contributed by atoms with Crippen LogP contribution in [0.3, 0.4) is 0 Å². The lowest BCUT2D eigenvalue weighted by Gasteiger charge is -2.10. The lowest BCUT2D eigenvalue weighted by atomic mass is 10.0. The highest BCUT2D eigenvalue weighted by molar-refractivity contribution is 6.31. The van der Waals surface area contributed by atoms with Crippen LogP contribution < -0.4 is 10.1 Å². The maximum absolute atomic E-state index is 11.4. The van der Waals surface area contributed by atoms with Gasteiger partial charge < -0.3 is 15.0 Å². The van der Waals surface area contributed by atoms with E-state index < -0.39 is 0 Å². The largest absolute Gasteiger partial charge is 0.489 e. The molecule has 4 rings (SSSR count). The van der Waals surface area contributed by atoms with E-state index >= 15 is 0 Å². The molecule has 0 atom stereocenters. The molecule has 4 heterocycles. The Morgan fingerprint density at radius 2 is 1.97 bits per heavy atom. The number of H-pyrrole nitrogens is 1. The SMILES string of the molecule is CC(=O)Nc1cc(-c2[nH]c3cc(Cl)cnc3c2-c2ccc(OC(C)C)cn2)ccn1. The fraction of sp³-hybridized carbons (Fsp3) is 0.182. The molecular formula is C22H20ClN5O2. The number of nitrogens with zero attached hydrogens (tertiary/aromatic N) is 3. The number of fused-ring (bicyclic) bond motifs is 1. The first kappa shape index (κ1) is 19.8. The minimum atomic E-state index is -0.188. The smallest absolute Gasteiger partial charge is 0.222 e. The summed E-state index contributed by atoms with van der Waals surface area (Å²) >= 11 is 6.15. The number of aromatic amines is 1. The van der Waals surface area contributed by atoms with Crippen LogP contribution in [-0.2, 0) is 4.79 Å². The number of hydrogen-bond acceptors (Lipinski definition) is 5. The zero-order valence-corrected chi connectivity index (χ0v) is 17.5. The molecule has 1 amide bonds. The van der Waals surface area contributed by atoms with Gasteiger partial charge in [-0.25, -0.2) is 4.98 Å². The number of nitrogens with one attached hydrogen (secondary N) is 2. The summed E-state index contributed by atoms with van der Waals surface area (Å²) in [6, 6.07) is 9.26. The fourth-order valence-electron chi connectivity index (χ4n) is 3.22. The molecule has 0 aliphatic heterocycles. The summed E-state index contributed by atoms with van der Waals surface area (Å²) in [5, 5.41) is 3.24. The minimum absolute atomic E-state index is 0.0640. The molecule has 7 nitrogen and oxygen atoms in total. The van der Waals surface area contributed by atoms with Gasteiger partial charge in [-0.05, 0) is 44.2 Å². The van der Waals surface area contributed by atoms with E-state index in [1.807, 2.05) is 38.1 Å². The highest BCUT2D eigenvalue weighted by Gasteiger charge is 2.18. The Morgan fingerprint density at radius 3 is 2.67 bits per heavy atom. The number of amides is 1. The van der Waals surface area contributed by atoms with Crippen LogP contribution in [0, 0.1) is 0 Å². The molecule has 0 spiro atoms. The molecule has 0 unspecified atom stereocenters. The third-order valence-electron chi connectivity index (χ3n) is 4.32. The Bertz CT molecular complexity index is 1220. The molecule has 0 aliphatic rings. The van der Waals surface area contributed by atoms with Gasteiger partial charge in [-0.1, -0.05) is 11.6 Å². The first-order valence-corrected chi connectivity index (χ1v) is 9.83. The van der Waals surface area contributed by atoms with Gasteiger partial charge >= 0.3 is 0 Å². The first-order chi connectivity index (χ1) is 14.4. The van der Waals surface area contributed by atoms with Crippen molar-refractivity contribution in [2.45, 2.75) is 26.9 Å². The van der Waals surface area contributed by atoms with Gasteiger partial charge in [-0.2, -0.15) is 0 Å². The number of aromatic nitrogens is 4. The average Bonchev–Trinajstić information content (AvgIpc) is 3.06. The van der Waals surface area contributed by atoms with Crippen LogP contribution in [0.15, 0.2) is 48.9 Å². The summed E-state index contributed by atoms with van der Waals surface area (Å²) in [5.74, 6) is 0.972. The van der Waals surface area contributed by atoms with Crippen molar-refractivity contribution in [3.8, 4) is 28.3 Å². The van der Waals surface area contributed by atoms with Crippen molar-refractivity contribution in [3.63, 3.8) is 0 Å². The zero-order valence-electron chi connectivity index (χ0n) is 16.7. The van der Waals surface area contributed by atoms with Crippen molar-refractivity contribution in [1.82, 2.24) is 19.9 Å². The molecule has 2 N–H and O–H groups in total. The number of anilines is 1. The normalized spacial score (nSPS) is 11.1. The van der Waals surface area contributed by atoms with Gasteiger partial charge in [-0.15, -0.1) is 0 Å². The maximum Gasteiger partial charge on any atom is 0.222 e. The van der Waals surface area contributed by atoms with Crippen molar-refractivity contribution < 1.29 is 9.53 Å². The molecule has 0 aromatic carbocycles. The van der Waals surface area contributed by atoms with Crippen LogP contribution in [-0.4, -0.2) is 31.9 Å². The highest BCUT2D eigenvalue weighted by atomic mass is 35.5. The van der Waals surface area contributed by atoms with Crippen molar-refractivity contribution in [3.05, 3.63) is 53.9 Å². The van der Waals surface area contributed by atoms with Crippen LogP contribution in [0.2, 0.25) is 5.02 Å². The number of pyridine rings is 3. The van der Waals surface area contributed by atoms with Crippen LogP contribution in [0.4, 0.5) is 5.82 Å². The Kier molecular flexibility index (Phi) is 5.37. The second-order valence-corrected chi connectivity index (χ2v) is 7.52. The summed E-state index contributed by atoms with van der Waals surface area (Å²) in [4.78, 5) is 28.1. The summed E-state index contributed by atoms with van der Waals surface area (Å²) in [6.07, 6.45) is 5.01. The number of carbonyl (C=O) groups excluding carboxylic acids is 1. The van der Waals surface area contributed by atoms with Crippen molar-refractivity contribution in [1.29, 1.82) is 0 Å². The molecule has 30 heavy (non-hydrogen) atoms. The summed E-state index contributed by atoms with van der Waals surface area (Å²) in [5.41, 5.74) is 4.74. The van der Waals surface area contributed by atoms with Crippen molar-refractivity contribution in [2.75, 3.05) is 5.32 Å². The zero-order chi connectivity index (χ0) is 21.3. The molecule has 4 aromatic rings. The van der Waals surface area contributed by atoms with E-state index in [2.05, 4.69) is 25.3 Å². The molecule has 4 aromatic heterocycles. The standard InChI is InChI=1S/C22H20ClN5O2/c1-12(2)30-16-4-5-17(25-11-16)20-21(28-18-9-15(23)10-26-22(18)20)14-6-7-24-19(8-14)27-13(3)29/h4-12,28H,1-3H3,(H,24,27,29). The van der Waals surface area contributed by atoms with E-state index in [1.54, 1.807) is 24.7 Å². The van der Waals surface area contributed by atoms with E-state index in [9.17, 15) is 4.79 Å². The topological polar surface area (TPSA) is 92.8 Å². The molecule has 0 radical (unpaired) electrons. The number of carbonyl (C=O) groups is 1. The summed E-state index contributed by atoms with van der Waals surface area (Å²) in [7, 11) is 0. The number of hydrogen-bond donors (Lipinski definition) is 2. The molecule has 0 bridgehead atoms. The third kappa shape index (κ3) is 4.11. The van der Waals surface area contributed by atoms with E-state index in [0.29, 0.717) is 16.6 Å². The average molecular weight is 422 g/mol. The van der Waals surface area contributed by atoms with Gasteiger partial charge in [0.15, 0.2) is 0 Å². The first-order valence-electron chi connectivity index (χ1n) is 9.45. The molecule has 0 saturated carbocycles. The van der Waals surface area contributed by atoms with Gasteiger partial charge in [-0.3, -0.25) is 14.8 Å². The highest BCUT2D eigenvalue weighted by Crippen LogP contribution is 2.38. The van der Waals surface area contributed by atoms with E-state index in [4.69, 9.17) is 16.3 Å². The number of ether oxygens (including phenoxy) is 1. The third-order valence-corrected chi connectivity index (χ3v) is 4.52. The Morgan fingerprint density at radius 1 is 1.13 bits per heavy atom. The van der Waals surface area contributed by atoms with Crippen LogP contribution in [0.1, 0.15) is 20.8 Å². The Hall–Kier alpha value is -3.45. The van der Waals surface area contributed by atoms with Crippen molar-refractivity contribution in [2.24, 2.45) is 0 Å². The molecule has 8 heteroatoms. The van der Waals surface area contributed by atoms with E-state index in [0.717, 1.165) is 33.5 Å².